The van der Waals surface area contributed by atoms with Crippen LogP contribution in [-0.4, -0.2) is 23.0 Å². The van der Waals surface area contributed by atoms with Crippen LogP contribution in [0.1, 0.15) is 31.5 Å². The highest BCUT2D eigenvalue weighted by atomic mass is 32.2. The Bertz CT molecular complexity index is 872. The van der Waals surface area contributed by atoms with Gasteiger partial charge in [-0.2, -0.15) is 0 Å². The van der Waals surface area contributed by atoms with Crippen molar-refractivity contribution in [3.05, 3.63) is 65.2 Å². The smallest absolute Gasteiger partial charge is 0.286 e. The van der Waals surface area contributed by atoms with Gasteiger partial charge in [0, 0.05) is 0 Å². The van der Waals surface area contributed by atoms with E-state index in [9.17, 15) is 19.2 Å². The minimum absolute atomic E-state index is 0.363. The second-order valence-electron chi connectivity index (χ2n) is 5.36. The molecule has 118 valence electrons. The number of fused-ring (bicyclic) bond motifs is 1. The zero-order valence-corrected chi connectivity index (χ0v) is 13.0. The molecule has 0 spiro atoms. The SMILES string of the molecule is O=C1NC(=O)C(c2ccc(N3C(=O)c4ccccc4C3=O)cc2)S1. The van der Waals surface area contributed by atoms with Crippen molar-refractivity contribution in [3.63, 3.8) is 0 Å². The molecule has 1 unspecified atom stereocenters. The Labute approximate surface area is 140 Å². The number of hydrogen-bond donors (Lipinski definition) is 1. The second-order valence-corrected chi connectivity index (χ2v) is 6.44. The highest BCUT2D eigenvalue weighted by molar-refractivity contribution is 8.15. The summed E-state index contributed by atoms with van der Waals surface area (Å²) < 4.78 is 0. The Hall–Kier alpha value is -2.93. The molecule has 2 aromatic rings. The minimum Gasteiger partial charge on any atom is -0.286 e. The van der Waals surface area contributed by atoms with Crippen LogP contribution in [0.15, 0.2) is 48.5 Å². The molecule has 24 heavy (non-hydrogen) atoms. The summed E-state index contributed by atoms with van der Waals surface area (Å²) in [6.07, 6.45) is 0. The van der Waals surface area contributed by atoms with Gasteiger partial charge in [0.2, 0.25) is 5.91 Å². The highest BCUT2D eigenvalue weighted by Crippen LogP contribution is 2.35. The van der Waals surface area contributed by atoms with Crippen LogP contribution in [0.3, 0.4) is 0 Å². The van der Waals surface area contributed by atoms with E-state index in [1.807, 2.05) is 0 Å². The fourth-order valence-electron chi connectivity index (χ4n) is 2.80. The van der Waals surface area contributed by atoms with Crippen LogP contribution in [0.25, 0.3) is 0 Å². The van der Waals surface area contributed by atoms with E-state index in [0.717, 1.165) is 16.7 Å². The van der Waals surface area contributed by atoms with Gasteiger partial charge in [0.25, 0.3) is 17.1 Å². The van der Waals surface area contributed by atoms with E-state index in [0.29, 0.717) is 22.4 Å². The van der Waals surface area contributed by atoms with Crippen molar-refractivity contribution in [2.45, 2.75) is 5.25 Å². The Morgan fingerprint density at radius 3 is 1.92 bits per heavy atom. The lowest BCUT2D eigenvalue weighted by Crippen LogP contribution is -2.29. The van der Waals surface area contributed by atoms with Crippen molar-refractivity contribution in [3.8, 4) is 0 Å². The minimum atomic E-state index is -0.603. The molecular formula is C17H10N2O4S. The maximum atomic E-state index is 12.4. The van der Waals surface area contributed by atoms with E-state index >= 15 is 0 Å². The first kappa shape index (κ1) is 14.6. The fourth-order valence-corrected chi connectivity index (χ4v) is 3.63. The number of benzene rings is 2. The standard InChI is InChI=1S/C17H10N2O4S/c20-14-13(24-17(23)18-14)9-5-7-10(8-6-9)19-15(21)11-3-1-2-4-12(11)16(19)22/h1-8,13H,(H,18,20,23). The molecule has 2 aliphatic rings. The zero-order valence-electron chi connectivity index (χ0n) is 12.2. The van der Waals surface area contributed by atoms with E-state index in [1.54, 1.807) is 48.5 Å². The Morgan fingerprint density at radius 1 is 0.833 bits per heavy atom. The molecule has 1 N–H and O–H groups in total. The Morgan fingerprint density at radius 2 is 1.42 bits per heavy atom. The van der Waals surface area contributed by atoms with Crippen LogP contribution in [-0.2, 0) is 4.79 Å². The number of thioether (sulfide) groups is 1. The lowest BCUT2D eigenvalue weighted by atomic mass is 10.1. The zero-order chi connectivity index (χ0) is 16.8. The van der Waals surface area contributed by atoms with Crippen LogP contribution in [0.2, 0.25) is 0 Å². The van der Waals surface area contributed by atoms with E-state index in [2.05, 4.69) is 5.32 Å². The van der Waals surface area contributed by atoms with E-state index in [1.165, 1.54) is 0 Å². The molecular weight excluding hydrogens is 328 g/mol. The lowest BCUT2D eigenvalue weighted by Gasteiger charge is -2.15. The average molecular weight is 338 g/mol. The molecule has 2 aromatic carbocycles. The van der Waals surface area contributed by atoms with Crippen molar-refractivity contribution >= 4 is 40.4 Å². The van der Waals surface area contributed by atoms with Gasteiger partial charge in [0.15, 0.2) is 0 Å². The van der Waals surface area contributed by atoms with Gasteiger partial charge in [-0.25, -0.2) is 4.90 Å². The third kappa shape index (κ3) is 2.13. The molecule has 1 atom stereocenters. The number of imide groups is 2. The quantitative estimate of drug-likeness (QED) is 0.851. The number of carbonyl (C=O) groups excluding carboxylic acids is 4. The summed E-state index contributed by atoms with van der Waals surface area (Å²) in [5, 5.41) is 1.24. The molecule has 0 radical (unpaired) electrons. The second kappa shape index (κ2) is 5.31. The van der Waals surface area contributed by atoms with Gasteiger partial charge >= 0.3 is 0 Å². The van der Waals surface area contributed by atoms with E-state index in [4.69, 9.17) is 0 Å². The molecule has 2 aliphatic heterocycles. The van der Waals surface area contributed by atoms with Crippen LogP contribution in [0.5, 0.6) is 0 Å². The van der Waals surface area contributed by atoms with Crippen LogP contribution >= 0.6 is 11.8 Å². The van der Waals surface area contributed by atoms with Gasteiger partial charge in [-0.3, -0.25) is 24.5 Å². The van der Waals surface area contributed by atoms with Crippen molar-refractivity contribution in [2.24, 2.45) is 0 Å². The predicted molar refractivity (Wildman–Crippen MR) is 87.9 cm³/mol. The third-order valence-electron chi connectivity index (χ3n) is 3.94. The number of nitrogens with one attached hydrogen (secondary N) is 1. The maximum absolute atomic E-state index is 12.4. The van der Waals surface area contributed by atoms with Crippen LogP contribution < -0.4 is 10.2 Å². The summed E-state index contributed by atoms with van der Waals surface area (Å²) in [5.74, 6) is -1.10. The number of hydrogen-bond acceptors (Lipinski definition) is 5. The average Bonchev–Trinajstić information content (AvgIpc) is 3.05. The van der Waals surface area contributed by atoms with E-state index in [-0.39, 0.29) is 23.0 Å². The molecule has 0 bridgehead atoms. The predicted octanol–water partition coefficient (Wildman–Crippen LogP) is 2.51. The van der Waals surface area contributed by atoms with Crippen molar-refractivity contribution in [1.82, 2.24) is 5.32 Å². The summed E-state index contributed by atoms with van der Waals surface area (Å²) in [7, 11) is 0. The van der Waals surface area contributed by atoms with Crippen LogP contribution in [0.4, 0.5) is 10.5 Å². The third-order valence-corrected chi connectivity index (χ3v) is 4.97. The number of anilines is 1. The van der Waals surface area contributed by atoms with Gasteiger partial charge in [-0.05, 0) is 41.6 Å². The van der Waals surface area contributed by atoms with Gasteiger partial charge in [-0.1, -0.05) is 24.3 Å². The molecule has 1 fully saturated rings. The lowest BCUT2D eigenvalue weighted by molar-refractivity contribution is -0.119. The summed E-state index contributed by atoms with van der Waals surface area (Å²) in [6, 6.07) is 13.2. The fraction of sp³-hybridized carbons (Fsp3) is 0.0588. The largest absolute Gasteiger partial charge is 0.286 e. The first-order chi connectivity index (χ1) is 11.6. The van der Waals surface area contributed by atoms with Crippen LogP contribution in [0, 0.1) is 0 Å². The molecule has 4 amide bonds. The summed E-state index contributed by atoms with van der Waals surface area (Å²) in [6.45, 7) is 0. The van der Waals surface area contributed by atoms with Crippen molar-refractivity contribution in [2.75, 3.05) is 4.90 Å². The molecule has 0 saturated carbocycles. The number of nitrogens with zero attached hydrogens (tertiary/aromatic N) is 1. The Kier molecular flexibility index (Phi) is 3.24. The summed E-state index contributed by atoms with van der Waals surface area (Å²) in [5.41, 5.74) is 1.83. The number of rotatable bonds is 2. The molecule has 4 rings (SSSR count). The topological polar surface area (TPSA) is 83.6 Å². The number of carbonyl (C=O) groups is 4. The molecule has 7 heteroatoms. The van der Waals surface area contributed by atoms with E-state index < -0.39 is 5.25 Å². The Balaban J connectivity index is 1.65. The van der Waals surface area contributed by atoms with Gasteiger partial charge in [0.05, 0.1) is 16.8 Å². The molecule has 0 aromatic heterocycles. The first-order valence-electron chi connectivity index (χ1n) is 7.15. The molecule has 0 aliphatic carbocycles. The number of amides is 4. The molecule has 6 nitrogen and oxygen atoms in total. The maximum Gasteiger partial charge on any atom is 0.286 e. The van der Waals surface area contributed by atoms with Crippen molar-refractivity contribution < 1.29 is 19.2 Å². The van der Waals surface area contributed by atoms with Crippen molar-refractivity contribution in [1.29, 1.82) is 0 Å². The highest BCUT2D eigenvalue weighted by Gasteiger charge is 2.37. The monoisotopic (exact) mass is 338 g/mol. The van der Waals surface area contributed by atoms with Gasteiger partial charge in [-0.15, -0.1) is 0 Å². The molecule has 2 heterocycles. The normalized spacial score (nSPS) is 19.7. The summed E-state index contributed by atoms with van der Waals surface area (Å²) in [4.78, 5) is 49.0. The van der Waals surface area contributed by atoms with Gasteiger partial charge in [0.1, 0.15) is 5.25 Å². The first-order valence-corrected chi connectivity index (χ1v) is 8.03. The molecule has 1 saturated heterocycles. The summed E-state index contributed by atoms with van der Waals surface area (Å²) >= 11 is 0.909. The van der Waals surface area contributed by atoms with Gasteiger partial charge < -0.3 is 0 Å².